The summed E-state index contributed by atoms with van der Waals surface area (Å²) in [6.07, 6.45) is 3.91. The fourth-order valence-electron chi connectivity index (χ4n) is 2.93. The maximum absolute atomic E-state index is 12.4. The number of methoxy groups -OCH3 is 1. The van der Waals surface area contributed by atoms with Gasteiger partial charge in [0, 0.05) is 24.7 Å². The van der Waals surface area contributed by atoms with Crippen molar-refractivity contribution in [2.45, 2.75) is 32.0 Å². The Bertz CT molecular complexity index is 767. The number of fused-ring (bicyclic) bond motifs is 1. The fourth-order valence-corrected chi connectivity index (χ4v) is 3.38. The number of carbonyl (C=O) groups excluding carboxylic acids is 1. The van der Waals surface area contributed by atoms with Crippen molar-refractivity contribution in [1.29, 1.82) is 0 Å². The summed E-state index contributed by atoms with van der Waals surface area (Å²) in [6.45, 7) is 0.899. The first-order valence-electron chi connectivity index (χ1n) is 8.53. The van der Waals surface area contributed by atoms with Gasteiger partial charge in [0.1, 0.15) is 17.7 Å². The highest BCUT2D eigenvalue weighted by atomic mass is 32.2. The number of aliphatic hydroxyl groups excluding tert-OH is 1. The van der Waals surface area contributed by atoms with Crippen LogP contribution in [0.4, 0.5) is 0 Å². The first kappa shape index (κ1) is 18.7. The number of rotatable bonds is 7. The van der Waals surface area contributed by atoms with Gasteiger partial charge in [0.2, 0.25) is 0 Å². The van der Waals surface area contributed by atoms with Crippen LogP contribution in [0.3, 0.4) is 0 Å². The van der Waals surface area contributed by atoms with Crippen molar-refractivity contribution in [2.75, 3.05) is 19.1 Å². The second-order valence-corrected chi connectivity index (χ2v) is 7.26. The molecule has 3 rings (SSSR count). The molecular formula is C19H23N3O3S. The van der Waals surface area contributed by atoms with Crippen LogP contribution in [-0.2, 0) is 24.3 Å². The molecule has 1 aliphatic heterocycles. The summed E-state index contributed by atoms with van der Waals surface area (Å²) in [6, 6.07) is 7.82. The Balaban J connectivity index is 1.65. The van der Waals surface area contributed by atoms with Gasteiger partial charge >= 0.3 is 0 Å². The van der Waals surface area contributed by atoms with Gasteiger partial charge in [0.05, 0.1) is 19.3 Å². The van der Waals surface area contributed by atoms with E-state index in [-0.39, 0.29) is 5.91 Å². The molecule has 6 nitrogen and oxygen atoms in total. The smallest absolute Gasteiger partial charge is 0.252 e. The minimum atomic E-state index is -0.941. The fraction of sp³-hybridized carbons (Fsp3) is 0.421. The number of benzene rings is 1. The second kappa shape index (κ2) is 8.51. The van der Waals surface area contributed by atoms with Crippen LogP contribution in [0, 0.1) is 0 Å². The zero-order valence-corrected chi connectivity index (χ0v) is 15.8. The van der Waals surface area contributed by atoms with Gasteiger partial charge in [0.25, 0.3) is 5.91 Å². The van der Waals surface area contributed by atoms with Crippen LogP contribution in [-0.4, -0.2) is 51.1 Å². The molecule has 2 heterocycles. The van der Waals surface area contributed by atoms with E-state index in [0.717, 1.165) is 34.1 Å². The van der Waals surface area contributed by atoms with Crippen molar-refractivity contribution in [3.05, 3.63) is 53.1 Å². The summed E-state index contributed by atoms with van der Waals surface area (Å²) in [5.74, 6) is 2.08. The maximum atomic E-state index is 12.4. The van der Waals surface area contributed by atoms with E-state index in [1.54, 1.807) is 30.0 Å². The summed E-state index contributed by atoms with van der Waals surface area (Å²) >= 11 is 1.62. The zero-order valence-electron chi connectivity index (χ0n) is 15.0. The molecule has 1 N–H and O–H groups in total. The number of aromatic nitrogens is 2. The third kappa shape index (κ3) is 4.34. The third-order valence-corrected chi connectivity index (χ3v) is 5.06. The summed E-state index contributed by atoms with van der Waals surface area (Å²) < 4.78 is 5.17. The van der Waals surface area contributed by atoms with Crippen molar-refractivity contribution in [3.8, 4) is 5.75 Å². The Morgan fingerprint density at radius 3 is 2.81 bits per heavy atom. The van der Waals surface area contributed by atoms with Crippen LogP contribution in [0.5, 0.6) is 5.75 Å². The molecule has 0 fully saturated rings. The molecule has 7 heteroatoms. The maximum Gasteiger partial charge on any atom is 0.252 e. The van der Waals surface area contributed by atoms with Gasteiger partial charge in [-0.1, -0.05) is 12.1 Å². The number of thioether (sulfide) groups is 1. The predicted octanol–water partition coefficient (Wildman–Crippen LogP) is 2.03. The Morgan fingerprint density at radius 2 is 2.12 bits per heavy atom. The van der Waals surface area contributed by atoms with Gasteiger partial charge in [0.15, 0.2) is 0 Å². The monoisotopic (exact) mass is 373 g/mol. The standard InChI is InChI=1S/C19H23N3O3S/c1-25-15-5-3-13(4-6-15)9-18-20-10-14-11-22(12-16(14)21-18)19(24)17(23)7-8-26-2/h3-6,10,17,23H,7-9,11-12H2,1-2H3/t17-/m0/s1. The second-order valence-electron chi connectivity index (χ2n) is 6.27. The summed E-state index contributed by atoms with van der Waals surface area (Å²) in [4.78, 5) is 23.1. The minimum absolute atomic E-state index is 0.228. The van der Waals surface area contributed by atoms with E-state index >= 15 is 0 Å². The molecule has 1 atom stereocenters. The number of hydrogen-bond acceptors (Lipinski definition) is 6. The average Bonchev–Trinajstić information content (AvgIpc) is 3.09. The van der Waals surface area contributed by atoms with Crippen molar-refractivity contribution < 1.29 is 14.6 Å². The van der Waals surface area contributed by atoms with E-state index in [1.165, 1.54) is 0 Å². The number of aliphatic hydroxyl groups is 1. The van der Waals surface area contributed by atoms with Crippen LogP contribution in [0.2, 0.25) is 0 Å². The lowest BCUT2D eigenvalue weighted by Gasteiger charge is -2.18. The van der Waals surface area contributed by atoms with E-state index in [2.05, 4.69) is 9.97 Å². The van der Waals surface area contributed by atoms with Crippen molar-refractivity contribution in [1.82, 2.24) is 14.9 Å². The Kier molecular flexibility index (Phi) is 6.11. The largest absolute Gasteiger partial charge is 0.497 e. The van der Waals surface area contributed by atoms with Crippen LogP contribution >= 0.6 is 11.8 Å². The molecular weight excluding hydrogens is 350 g/mol. The van der Waals surface area contributed by atoms with Gasteiger partial charge in [-0.3, -0.25) is 4.79 Å². The number of nitrogens with zero attached hydrogens (tertiary/aromatic N) is 3. The van der Waals surface area contributed by atoms with E-state index in [0.29, 0.717) is 25.9 Å². The molecule has 26 heavy (non-hydrogen) atoms. The molecule has 0 unspecified atom stereocenters. The molecule has 1 amide bonds. The summed E-state index contributed by atoms with van der Waals surface area (Å²) in [5.41, 5.74) is 2.92. The van der Waals surface area contributed by atoms with E-state index in [1.807, 2.05) is 30.5 Å². The number of amides is 1. The van der Waals surface area contributed by atoms with Crippen molar-refractivity contribution >= 4 is 17.7 Å². The Hall–Kier alpha value is -2.12. The van der Waals surface area contributed by atoms with Crippen molar-refractivity contribution in [2.24, 2.45) is 0 Å². The van der Waals surface area contributed by atoms with Gasteiger partial charge in [-0.2, -0.15) is 11.8 Å². The zero-order chi connectivity index (χ0) is 18.5. The molecule has 0 bridgehead atoms. The predicted molar refractivity (Wildman–Crippen MR) is 101 cm³/mol. The highest BCUT2D eigenvalue weighted by molar-refractivity contribution is 7.98. The summed E-state index contributed by atoms with van der Waals surface area (Å²) in [5, 5.41) is 10.0. The van der Waals surface area contributed by atoms with Gasteiger partial charge < -0.3 is 14.7 Å². The molecule has 0 aliphatic carbocycles. The van der Waals surface area contributed by atoms with E-state index in [4.69, 9.17) is 4.74 Å². The highest BCUT2D eigenvalue weighted by Gasteiger charge is 2.29. The molecule has 1 aliphatic rings. The van der Waals surface area contributed by atoms with E-state index < -0.39 is 6.10 Å². The molecule has 2 aromatic rings. The first-order valence-corrected chi connectivity index (χ1v) is 9.92. The van der Waals surface area contributed by atoms with E-state index in [9.17, 15) is 9.90 Å². The molecule has 1 aromatic carbocycles. The molecule has 0 radical (unpaired) electrons. The normalized spacial score (nSPS) is 14.2. The van der Waals surface area contributed by atoms with Gasteiger partial charge in [-0.25, -0.2) is 9.97 Å². The topological polar surface area (TPSA) is 75.6 Å². The molecule has 1 aromatic heterocycles. The molecule has 138 valence electrons. The lowest BCUT2D eigenvalue weighted by Crippen LogP contribution is -2.35. The number of carbonyl (C=O) groups is 1. The number of ether oxygens (including phenoxy) is 1. The SMILES string of the molecule is COc1ccc(Cc2ncc3c(n2)CN(C(=O)[C@@H](O)CCSC)C3)cc1. The third-order valence-electron chi connectivity index (χ3n) is 4.42. The van der Waals surface area contributed by atoms with Crippen LogP contribution in [0.25, 0.3) is 0 Å². The average molecular weight is 373 g/mol. The number of hydrogen-bond donors (Lipinski definition) is 1. The van der Waals surface area contributed by atoms with Gasteiger partial charge in [-0.15, -0.1) is 0 Å². The highest BCUT2D eigenvalue weighted by Crippen LogP contribution is 2.22. The molecule has 0 spiro atoms. The quantitative estimate of drug-likeness (QED) is 0.800. The minimum Gasteiger partial charge on any atom is -0.497 e. The lowest BCUT2D eigenvalue weighted by atomic mass is 10.1. The molecule has 0 saturated carbocycles. The van der Waals surface area contributed by atoms with Crippen LogP contribution in [0.15, 0.2) is 30.5 Å². The first-order chi connectivity index (χ1) is 12.6. The van der Waals surface area contributed by atoms with Gasteiger partial charge in [-0.05, 0) is 36.1 Å². The van der Waals surface area contributed by atoms with Crippen LogP contribution in [0.1, 0.15) is 29.1 Å². The Morgan fingerprint density at radius 1 is 1.35 bits per heavy atom. The Labute approximate surface area is 157 Å². The summed E-state index contributed by atoms with van der Waals surface area (Å²) in [7, 11) is 1.64. The lowest BCUT2D eigenvalue weighted by molar-refractivity contribution is -0.140. The van der Waals surface area contributed by atoms with Crippen LogP contribution < -0.4 is 4.74 Å². The molecule has 0 saturated heterocycles. The van der Waals surface area contributed by atoms with Crippen molar-refractivity contribution in [3.63, 3.8) is 0 Å².